The Morgan fingerprint density at radius 3 is 0.927 bits per heavy atom. The average molecular weight is 1840 g/mol. The Kier molecular flexibility index (Phi) is 25.5. The lowest BCUT2D eigenvalue weighted by atomic mass is 10.1. The molecule has 0 saturated heterocycles. The number of benzene rings is 7. The van der Waals surface area contributed by atoms with Crippen LogP contribution in [0.4, 0.5) is 74.6 Å². The third-order valence-electron chi connectivity index (χ3n) is 20.1. The molecule has 4 aliphatic heterocycles. The van der Waals surface area contributed by atoms with Gasteiger partial charge in [-0.05, 0) is 125 Å². The molecule has 7 aromatic carbocycles. The summed E-state index contributed by atoms with van der Waals surface area (Å²) in [5.41, 5.74) is -4.11. The Hall–Kier alpha value is -11.3. The summed E-state index contributed by atoms with van der Waals surface area (Å²) >= 11 is 36.2. The Morgan fingerprint density at radius 1 is 0.325 bits per heavy atom. The first-order chi connectivity index (χ1) is 57.9. The maximum atomic E-state index is 14.0. The maximum absolute atomic E-state index is 14.0. The van der Waals surface area contributed by atoms with Crippen LogP contribution in [-0.4, -0.2) is 131 Å². The number of carbonyl (C=O) groups excluding carboxylic acids is 4. The van der Waals surface area contributed by atoms with E-state index in [0.29, 0.717) is 53.5 Å². The molecule has 642 valence electrons. The third kappa shape index (κ3) is 18.4. The lowest BCUT2D eigenvalue weighted by molar-refractivity contribution is -0.140. The molecule has 0 fully saturated rings. The monoisotopic (exact) mass is 1840 g/mol. The first kappa shape index (κ1) is 89.4. The van der Waals surface area contributed by atoms with Crippen molar-refractivity contribution in [2.45, 2.75) is 129 Å². The third-order valence-corrected chi connectivity index (χ3v) is 22.6. The topological polar surface area (TPSA) is 217 Å². The van der Waals surface area contributed by atoms with Crippen LogP contribution < -0.4 is 0 Å². The van der Waals surface area contributed by atoms with Gasteiger partial charge in [-0.1, -0.05) is 112 Å². The zero-order chi connectivity index (χ0) is 89.1. The van der Waals surface area contributed by atoms with Crippen molar-refractivity contribution < 1.29 is 93.8 Å². The SMILES string of the molecule is C[C@H]1Cn2c(nnc2-c2cc(F)c(F)c(F)c2)CN1C(=O)c1cccc(C(F)(F)F)c1Cl.C[C@H]1Cn2c(nnc2-c2ccc(C(F)(F)F)c(F)c2)CN1C(=O)c1cccc(C(F)(F)F)c1Cl.C[C@H]1Cn2c(nnc2-c2ccc(C(F)(F)F)c(F)c2)CN1C(=O)c1cccc(Cl)c1Cl.C[C@H]1Cn2c(nnc2-c2ccccn2)CN1C(=O)c1cccc(Cl)c1Cl. The van der Waals surface area contributed by atoms with Crippen molar-refractivity contribution >= 4 is 93.2 Å². The van der Waals surface area contributed by atoms with Crippen molar-refractivity contribution in [3.63, 3.8) is 0 Å². The molecule has 4 aliphatic rings. The Balaban J connectivity index is 0.000000142. The molecule has 123 heavy (non-hydrogen) atoms. The molecule has 4 amide bonds. The Bertz CT molecular complexity index is 6080. The molecule has 0 aliphatic carbocycles. The number of alkyl halides is 12. The van der Waals surface area contributed by atoms with Crippen molar-refractivity contribution in [2.75, 3.05) is 0 Å². The summed E-state index contributed by atoms with van der Waals surface area (Å²) in [5.74, 6) is -6.56. The van der Waals surface area contributed by atoms with Gasteiger partial charge in [0, 0.05) is 73.2 Å². The predicted octanol–water partition coefficient (Wildman–Crippen LogP) is 20.0. The van der Waals surface area contributed by atoms with E-state index in [0.717, 1.165) is 66.1 Å². The molecule has 0 radical (unpaired) electrons. The highest BCUT2D eigenvalue weighted by atomic mass is 35.5. The summed E-state index contributed by atoms with van der Waals surface area (Å²) in [6.07, 6.45) is -17.4. The van der Waals surface area contributed by atoms with Gasteiger partial charge in [-0.25, -0.2) is 22.0 Å². The number of hydrogen-bond donors (Lipinski definition) is 0. The molecular weight excluding hydrogens is 1790 g/mol. The number of nitrogens with zero attached hydrogens (tertiary/aromatic N) is 17. The number of aromatic nitrogens is 13. The number of amides is 4. The van der Waals surface area contributed by atoms with E-state index in [2.05, 4.69) is 45.8 Å². The van der Waals surface area contributed by atoms with Crippen LogP contribution in [-0.2, 0) is 77.1 Å². The normalized spacial score (nSPS) is 16.4. The molecule has 0 saturated carbocycles. The molecule has 0 N–H and O–H groups in total. The van der Waals surface area contributed by atoms with Gasteiger partial charge >= 0.3 is 24.7 Å². The van der Waals surface area contributed by atoms with Crippen LogP contribution in [0, 0.1) is 29.1 Å². The zero-order valence-electron chi connectivity index (χ0n) is 63.3. The molecule has 21 nitrogen and oxygen atoms in total. The lowest BCUT2D eigenvalue weighted by Crippen LogP contribution is -2.45. The van der Waals surface area contributed by atoms with Gasteiger partial charge in [0.15, 0.2) is 64.0 Å². The molecule has 16 rings (SSSR count). The van der Waals surface area contributed by atoms with Gasteiger partial charge in [-0.3, -0.25) is 24.2 Å². The highest BCUT2D eigenvalue weighted by molar-refractivity contribution is 6.44. The van der Waals surface area contributed by atoms with Gasteiger partial charge in [-0.15, -0.1) is 40.8 Å². The minimum atomic E-state index is -4.85. The summed E-state index contributed by atoms with van der Waals surface area (Å²) in [5, 5.41) is 31.9. The first-order valence-electron chi connectivity index (χ1n) is 36.2. The molecule has 0 bridgehead atoms. The highest BCUT2D eigenvalue weighted by Crippen LogP contribution is 2.43. The summed E-state index contributed by atoms with van der Waals surface area (Å²) in [7, 11) is 0. The van der Waals surface area contributed by atoms with E-state index in [1.165, 1.54) is 31.1 Å². The number of fused-ring (bicyclic) bond motifs is 4. The van der Waals surface area contributed by atoms with Crippen molar-refractivity contribution in [3.05, 3.63) is 273 Å². The predicted molar refractivity (Wildman–Crippen MR) is 413 cm³/mol. The van der Waals surface area contributed by atoms with Gasteiger partial charge in [0.1, 0.15) is 17.3 Å². The second-order valence-corrected chi connectivity index (χ2v) is 30.5. The number of pyridine rings is 1. The van der Waals surface area contributed by atoms with Crippen LogP contribution in [0.25, 0.3) is 45.7 Å². The van der Waals surface area contributed by atoms with Crippen molar-refractivity contribution in [1.29, 1.82) is 0 Å². The number of rotatable bonds is 8. The van der Waals surface area contributed by atoms with E-state index in [4.69, 9.17) is 69.6 Å². The fourth-order valence-electron chi connectivity index (χ4n) is 13.9. The minimum absolute atomic E-state index is 0.0481. The van der Waals surface area contributed by atoms with Gasteiger partial charge in [0.25, 0.3) is 23.6 Å². The number of carbonyl (C=O) groups is 4. The fourth-order valence-corrected chi connectivity index (χ4v) is 15.3. The van der Waals surface area contributed by atoms with Crippen LogP contribution in [0.2, 0.25) is 30.1 Å². The van der Waals surface area contributed by atoms with Crippen LogP contribution >= 0.6 is 69.6 Å². The standard InChI is InChI=1S/C21H14ClF7N4O.C20H14Cl2F4N4O.C20H13ClF6N4O.C18H15Cl2N5O/c1-10-8-33-16(30-31-18(33)11-5-6-13(15(23)7-11)20(24,25)26)9-32(10)19(34)12-3-2-4-14(17(12)22)21(27,28)29;1-10-8-30-16(9-29(10)19(31)12-3-2-4-14(21)17(12)22)27-28-18(30)11-5-6-13(15(23)7-11)20(24,25)26;1-9-7-31-15(28-29-18(31)10-5-13(22)17(24)14(23)6-10)8-30(9)19(32)11-3-2-4-12(16(11)21)20(25,26)27;1-11-9-25-15(22-23-17(25)14-7-2-3-8-21-14)10-24(11)18(26)12-5-4-6-13(19)16(12)20/h2-7,10H,8-9H2,1H3;2-7,10H,8-9H2,1H3;2-6,9H,7-8H2,1H3;2-8,11H,9-10H2,1H3/t2*10-;9-;11-/m0000/s1. The second kappa shape index (κ2) is 35.1. The Labute approximate surface area is 714 Å². The van der Waals surface area contributed by atoms with E-state index >= 15 is 0 Å². The van der Waals surface area contributed by atoms with E-state index < -0.39 is 110 Å². The van der Waals surface area contributed by atoms with Crippen LogP contribution in [0.15, 0.2) is 146 Å². The van der Waals surface area contributed by atoms with Crippen molar-refractivity contribution in [2.24, 2.45) is 0 Å². The number of hydrogen-bond acceptors (Lipinski definition) is 13. The molecule has 0 spiro atoms. The van der Waals surface area contributed by atoms with Crippen molar-refractivity contribution in [3.8, 4) is 45.7 Å². The molecule has 5 aromatic heterocycles. The first-order valence-corrected chi connectivity index (χ1v) is 38.5. The van der Waals surface area contributed by atoms with Crippen LogP contribution in [0.5, 0.6) is 0 Å². The van der Waals surface area contributed by atoms with Gasteiger partial charge in [-0.2, -0.15) is 52.7 Å². The summed E-state index contributed by atoms with van der Waals surface area (Å²) in [6.45, 7) is 8.22. The zero-order valence-corrected chi connectivity index (χ0v) is 67.8. The fraction of sp³-hybridized carbons (Fsp3) is 0.253. The quantitative estimate of drug-likeness (QED) is 0.102. The second-order valence-electron chi connectivity index (χ2n) is 28.2. The summed E-state index contributed by atoms with van der Waals surface area (Å²) in [6, 6.07) is 26.6. The maximum Gasteiger partial charge on any atom is 0.419 e. The van der Waals surface area contributed by atoms with Crippen molar-refractivity contribution in [1.82, 2.24) is 83.6 Å². The number of halogens is 23. The van der Waals surface area contributed by atoms with E-state index in [9.17, 15) is 93.8 Å². The van der Waals surface area contributed by atoms with E-state index in [-0.39, 0.29) is 141 Å². The molecular formula is C79H56Cl6F17N17O4. The molecule has 0 unspecified atom stereocenters. The van der Waals surface area contributed by atoms with Crippen LogP contribution in [0.1, 0.15) is 115 Å². The Morgan fingerprint density at radius 2 is 0.618 bits per heavy atom. The smallest absolute Gasteiger partial charge is 0.327 e. The van der Waals surface area contributed by atoms with Gasteiger partial charge < -0.3 is 37.9 Å². The van der Waals surface area contributed by atoms with E-state index in [1.807, 2.05) is 29.7 Å². The average Bonchev–Trinajstić information content (AvgIpc) is 1.70. The van der Waals surface area contributed by atoms with Gasteiger partial charge in [0.05, 0.1) is 101 Å². The summed E-state index contributed by atoms with van der Waals surface area (Å²) in [4.78, 5) is 62.2. The highest BCUT2D eigenvalue weighted by Gasteiger charge is 2.43. The molecule has 4 atom stereocenters. The van der Waals surface area contributed by atoms with E-state index in [1.54, 1.807) is 77.7 Å². The lowest BCUT2D eigenvalue weighted by Gasteiger charge is -2.34. The minimum Gasteiger partial charge on any atom is -0.327 e. The molecule has 9 heterocycles. The molecule has 12 aromatic rings. The van der Waals surface area contributed by atoms with Crippen LogP contribution in [0.3, 0.4) is 0 Å². The largest absolute Gasteiger partial charge is 0.419 e. The molecule has 44 heteroatoms. The summed E-state index contributed by atoms with van der Waals surface area (Å²) < 4.78 is 231. The van der Waals surface area contributed by atoms with Gasteiger partial charge in [0.2, 0.25) is 0 Å².